The summed E-state index contributed by atoms with van der Waals surface area (Å²) >= 11 is 0. The van der Waals surface area contributed by atoms with Gasteiger partial charge in [0.2, 0.25) is 0 Å². The Hall–Kier alpha value is -2.86. The van der Waals surface area contributed by atoms with Crippen LogP contribution >= 0.6 is 0 Å². The molecule has 0 bridgehead atoms. The molecule has 19 heavy (non-hydrogen) atoms. The van der Waals surface area contributed by atoms with Crippen molar-refractivity contribution in [2.45, 2.75) is 0 Å². The summed E-state index contributed by atoms with van der Waals surface area (Å²) in [6, 6.07) is 13.4. The number of carboxylic acid groups (broad SMARTS) is 1. The zero-order valence-corrected chi connectivity index (χ0v) is 9.96. The second-order valence-corrected chi connectivity index (χ2v) is 3.84. The molecule has 2 aromatic carbocycles. The molecule has 0 spiro atoms. The standard InChI is InChI=1S/C16H10O3/c17-11-13-5-3-4-12(10-13)8-9-14-6-1-2-7-15(14)16(18)19/h1-7,10-11H,(H,18,19). The number of hydrogen-bond donors (Lipinski definition) is 1. The van der Waals surface area contributed by atoms with Crippen molar-refractivity contribution in [2.75, 3.05) is 0 Å². The molecule has 0 aromatic heterocycles. The summed E-state index contributed by atoms with van der Waals surface area (Å²) in [5, 5.41) is 9.03. The zero-order valence-electron chi connectivity index (χ0n) is 9.96. The summed E-state index contributed by atoms with van der Waals surface area (Å²) in [5.41, 5.74) is 1.83. The zero-order chi connectivity index (χ0) is 13.7. The highest BCUT2D eigenvalue weighted by molar-refractivity contribution is 5.90. The van der Waals surface area contributed by atoms with Gasteiger partial charge in [0, 0.05) is 16.7 Å². The monoisotopic (exact) mass is 250 g/mol. The van der Waals surface area contributed by atoms with Crippen LogP contribution in [-0.2, 0) is 0 Å². The molecular weight excluding hydrogens is 240 g/mol. The van der Waals surface area contributed by atoms with Crippen LogP contribution in [0.1, 0.15) is 31.8 Å². The Bertz CT molecular complexity index is 690. The molecule has 0 saturated heterocycles. The topological polar surface area (TPSA) is 54.4 Å². The second-order valence-electron chi connectivity index (χ2n) is 3.84. The molecule has 0 unspecified atom stereocenters. The Morgan fingerprint density at radius 3 is 2.58 bits per heavy atom. The summed E-state index contributed by atoms with van der Waals surface area (Å²) in [4.78, 5) is 21.7. The number of hydrogen-bond acceptors (Lipinski definition) is 2. The molecule has 2 aromatic rings. The molecule has 0 aliphatic carbocycles. The van der Waals surface area contributed by atoms with Crippen LogP contribution in [0.5, 0.6) is 0 Å². The number of aromatic carboxylic acids is 1. The molecular formula is C16H10O3. The average Bonchev–Trinajstić information content (AvgIpc) is 2.45. The summed E-state index contributed by atoms with van der Waals surface area (Å²) in [6.07, 6.45) is 0.746. The highest BCUT2D eigenvalue weighted by atomic mass is 16.4. The maximum Gasteiger partial charge on any atom is 0.336 e. The molecule has 0 aliphatic heterocycles. The predicted molar refractivity (Wildman–Crippen MR) is 71.2 cm³/mol. The summed E-state index contributed by atoms with van der Waals surface area (Å²) in [6.45, 7) is 0. The summed E-state index contributed by atoms with van der Waals surface area (Å²) < 4.78 is 0. The molecule has 0 atom stereocenters. The minimum Gasteiger partial charge on any atom is -0.478 e. The van der Waals surface area contributed by atoms with Crippen molar-refractivity contribution in [3.63, 3.8) is 0 Å². The van der Waals surface area contributed by atoms with Crippen LogP contribution in [0, 0.1) is 11.8 Å². The fourth-order valence-electron chi connectivity index (χ4n) is 1.61. The van der Waals surface area contributed by atoms with Gasteiger partial charge in [-0.3, -0.25) is 4.79 Å². The number of aldehydes is 1. The van der Waals surface area contributed by atoms with Crippen molar-refractivity contribution in [1.82, 2.24) is 0 Å². The van der Waals surface area contributed by atoms with Crippen LogP contribution in [0.15, 0.2) is 48.5 Å². The van der Waals surface area contributed by atoms with E-state index < -0.39 is 5.97 Å². The van der Waals surface area contributed by atoms with E-state index >= 15 is 0 Å². The number of benzene rings is 2. The number of carbonyl (C=O) groups is 2. The average molecular weight is 250 g/mol. The first-order chi connectivity index (χ1) is 9.20. The van der Waals surface area contributed by atoms with E-state index in [1.54, 1.807) is 42.5 Å². The molecule has 0 radical (unpaired) electrons. The fourth-order valence-corrected chi connectivity index (χ4v) is 1.61. The maximum atomic E-state index is 11.0. The minimum absolute atomic E-state index is 0.168. The number of carboxylic acids is 1. The van der Waals surface area contributed by atoms with Crippen LogP contribution in [-0.4, -0.2) is 17.4 Å². The lowest BCUT2D eigenvalue weighted by atomic mass is 10.1. The molecule has 0 aliphatic rings. The highest BCUT2D eigenvalue weighted by Crippen LogP contribution is 2.08. The molecule has 1 N–H and O–H groups in total. The van der Waals surface area contributed by atoms with Gasteiger partial charge in [0.15, 0.2) is 0 Å². The third-order valence-electron chi connectivity index (χ3n) is 2.52. The van der Waals surface area contributed by atoms with Crippen LogP contribution in [0.4, 0.5) is 0 Å². The van der Waals surface area contributed by atoms with Gasteiger partial charge in [-0.2, -0.15) is 0 Å². The van der Waals surface area contributed by atoms with Gasteiger partial charge in [-0.15, -0.1) is 0 Å². The molecule has 2 rings (SSSR count). The smallest absolute Gasteiger partial charge is 0.336 e. The third kappa shape index (κ3) is 3.08. The first-order valence-corrected chi connectivity index (χ1v) is 5.60. The Morgan fingerprint density at radius 2 is 1.84 bits per heavy atom. The molecule has 0 fully saturated rings. The van der Waals surface area contributed by atoms with Gasteiger partial charge in [-0.25, -0.2) is 4.79 Å². The minimum atomic E-state index is -1.01. The van der Waals surface area contributed by atoms with Crippen LogP contribution in [0.25, 0.3) is 0 Å². The SMILES string of the molecule is O=Cc1cccc(C#Cc2ccccc2C(=O)O)c1. The van der Waals surface area contributed by atoms with E-state index in [0.29, 0.717) is 16.7 Å². The lowest BCUT2D eigenvalue weighted by molar-refractivity contribution is 0.0696. The third-order valence-corrected chi connectivity index (χ3v) is 2.52. The number of rotatable bonds is 2. The first-order valence-electron chi connectivity index (χ1n) is 5.60. The Kier molecular flexibility index (Phi) is 3.75. The lowest BCUT2D eigenvalue weighted by Crippen LogP contribution is -1.99. The molecule has 3 heteroatoms. The van der Waals surface area contributed by atoms with Gasteiger partial charge in [-0.1, -0.05) is 36.1 Å². The van der Waals surface area contributed by atoms with Gasteiger partial charge in [-0.05, 0) is 24.3 Å². The van der Waals surface area contributed by atoms with Crippen molar-refractivity contribution in [1.29, 1.82) is 0 Å². The van der Waals surface area contributed by atoms with E-state index in [-0.39, 0.29) is 5.56 Å². The molecule has 3 nitrogen and oxygen atoms in total. The van der Waals surface area contributed by atoms with Crippen molar-refractivity contribution < 1.29 is 14.7 Å². The molecule has 0 amide bonds. The van der Waals surface area contributed by atoms with Gasteiger partial charge in [0.05, 0.1) is 5.56 Å². The Labute approximate surface area is 110 Å². The molecule has 0 saturated carbocycles. The van der Waals surface area contributed by atoms with Gasteiger partial charge in [0.25, 0.3) is 0 Å². The summed E-state index contributed by atoms with van der Waals surface area (Å²) in [5.74, 6) is 4.67. The quantitative estimate of drug-likeness (QED) is 0.658. The van der Waals surface area contributed by atoms with Crippen LogP contribution in [0.3, 0.4) is 0 Å². The highest BCUT2D eigenvalue weighted by Gasteiger charge is 2.06. The van der Waals surface area contributed by atoms with Crippen molar-refractivity contribution in [3.05, 3.63) is 70.8 Å². The van der Waals surface area contributed by atoms with E-state index in [4.69, 9.17) is 5.11 Å². The molecule has 92 valence electrons. The van der Waals surface area contributed by atoms with Crippen molar-refractivity contribution >= 4 is 12.3 Å². The van der Waals surface area contributed by atoms with Crippen LogP contribution < -0.4 is 0 Å². The first kappa shape index (κ1) is 12.6. The fraction of sp³-hybridized carbons (Fsp3) is 0. The van der Waals surface area contributed by atoms with E-state index in [1.165, 1.54) is 6.07 Å². The second kappa shape index (κ2) is 5.65. The van der Waals surface area contributed by atoms with Gasteiger partial charge in [0.1, 0.15) is 6.29 Å². The van der Waals surface area contributed by atoms with Gasteiger partial charge >= 0.3 is 5.97 Å². The Balaban J connectivity index is 2.39. The largest absolute Gasteiger partial charge is 0.478 e. The maximum absolute atomic E-state index is 11.0. The van der Waals surface area contributed by atoms with Gasteiger partial charge < -0.3 is 5.11 Å². The summed E-state index contributed by atoms with van der Waals surface area (Å²) in [7, 11) is 0. The van der Waals surface area contributed by atoms with E-state index in [2.05, 4.69) is 11.8 Å². The molecule has 0 heterocycles. The van der Waals surface area contributed by atoms with E-state index in [9.17, 15) is 9.59 Å². The van der Waals surface area contributed by atoms with Crippen molar-refractivity contribution in [2.24, 2.45) is 0 Å². The van der Waals surface area contributed by atoms with Crippen LogP contribution in [0.2, 0.25) is 0 Å². The van der Waals surface area contributed by atoms with Crippen molar-refractivity contribution in [3.8, 4) is 11.8 Å². The van der Waals surface area contributed by atoms with E-state index in [0.717, 1.165) is 6.29 Å². The normalized spacial score (nSPS) is 9.26. The predicted octanol–water partition coefficient (Wildman–Crippen LogP) is 2.60. The van der Waals surface area contributed by atoms with E-state index in [1.807, 2.05) is 0 Å². The lowest BCUT2D eigenvalue weighted by Gasteiger charge is -1.97. The number of carbonyl (C=O) groups excluding carboxylic acids is 1. The Morgan fingerprint density at radius 1 is 1.05 bits per heavy atom.